The molecule has 0 radical (unpaired) electrons. The van der Waals surface area contributed by atoms with Crippen molar-refractivity contribution in [3.05, 3.63) is 18.2 Å². The van der Waals surface area contributed by atoms with Crippen LogP contribution < -0.4 is 14.8 Å². The third-order valence-electron chi connectivity index (χ3n) is 3.32. The maximum Gasteiger partial charge on any atom is 0.238 e. The van der Waals surface area contributed by atoms with Gasteiger partial charge in [0.1, 0.15) is 11.5 Å². The molecule has 1 aliphatic rings. The van der Waals surface area contributed by atoms with Gasteiger partial charge in [-0.15, -0.1) is 0 Å². The van der Waals surface area contributed by atoms with Crippen LogP contribution in [0.3, 0.4) is 0 Å². The second-order valence-electron chi connectivity index (χ2n) is 4.94. The first-order valence-corrected chi connectivity index (χ1v) is 6.80. The molecule has 21 heavy (non-hydrogen) atoms. The lowest BCUT2D eigenvalue weighted by molar-refractivity contribution is -0.117. The van der Waals surface area contributed by atoms with Gasteiger partial charge in [0, 0.05) is 29.9 Å². The third kappa shape index (κ3) is 4.36. The van der Waals surface area contributed by atoms with E-state index in [9.17, 15) is 4.79 Å². The van der Waals surface area contributed by atoms with Gasteiger partial charge in [0.25, 0.3) is 0 Å². The summed E-state index contributed by atoms with van der Waals surface area (Å²) in [6, 6.07) is 7.67. The monoisotopic (exact) mass is 289 g/mol. The number of nitriles is 1. The number of rotatable bonds is 7. The van der Waals surface area contributed by atoms with Gasteiger partial charge in [-0.25, -0.2) is 0 Å². The van der Waals surface area contributed by atoms with E-state index in [1.807, 2.05) is 4.90 Å². The Morgan fingerprint density at radius 2 is 1.95 bits per heavy atom. The summed E-state index contributed by atoms with van der Waals surface area (Å²) in [5.41, 5.74) is 0.615. The van der Waals surface area contributed by atoms with Crippen molar-refractivity contribution in [1.29, 1.82) is 5.26 Å². The van der Waals surface area contributed by atoms with Gasteiger partial charge in [-0.05, 0) is 12.8 Å². The fourth-order valence-electron chi connectivity index (χ4n) is 2.11. The molecular formula is C15H19N3O3. The summed E-state index contributed by atoms with van der Waals surface area (Å²) in [4.78, 5) is 14.0. The van der Waals surface area contributed by atoms with Gasteiger partial charge in [-0.3, -0.25) is 9.69 Å². The Morgan fingerprint density at radius 3 is 2.43 bits per heavy atom. The molecule has 1 aromatic rings. The van der Waals surface area contributed by atoms with E-state index in [2.05, 4.69) is 11.4 Å². The SMILES string of the molecule is COc1cc(NC(=O)CN(CC#N)C2CC2)cc(OC)c1. The number of hydrogen-bond acceptors (Lipinski definition) is 5. The average Bonchev–Trinajstić information content (AvgIpc) is 3.30. The molecule has 1 aliphatic carbocycles. The highest BCUT2D eigenvalue weighted by molar-refractivity contribution is 5.92. The van der Waals surface area contributed by atoms with Gasteiger partial charge in [0.15, 0.2) is 0 Å². The molecule has 2 rings (SSSR count). The number of methoxy groups -OCH3 is 2. The Kier molecular flexibility index (Phi) is 5.01. The van der Waals surface area contributed by atoms with E-state index >= 15 is 0 Å². The van der Waals surface area contributed by atoms with Gasteiger partial charge >= 0.3 is 0 Å². The topological polar surface area (TPSA) is 74.6 Å². The summed E-state index contributed by atoms with van der Waals surface area (Å²) in [5, 5.41) is 11.6. The lowest BCUT2D eigenvalue weighted by Crippen LogP contribution is -2.35. The molecule has 0 aromatic heterocycles. The van der Waals surface area contributed by atoms with Crippen LogP contribution in [0.4, 0.5) is 5.69 Å². The number of carbonyl (C=O) groups is 1. The van der Waals surface area contributed by atoms with Crippen molar-refractivity contribution in [3.8, 4) is 17.6 Å². The minimum atomic E-state index is -0.146. The number of nitrogens with one attached hydrogen (secondary N) is 1. The smallest absolute Gasteiger partial charge is 0.238 e. The van der Waals surface area contributed by atoms with Gasteiger partial charge in [-0.1, -0.05) is 0 Å². The number of hydrogen-bond donors (Lipinski definition) is 1. The molecule has 1 saturated carbocycles. The third-order valence-corrected chi connectivity index (χ3v) is 3.32. The van der Waals surface area contributed by atoms with Gasteiger partial charge < -0.3 is 14.8 Å². The molecule has 6 heteroatoms. The highest BCUT2D eigenvalue weighted by atomic mass is 16.5. The van der Waals surface area contributed by atoms with Crippen LogP contribution in [-0.2, 0) is 4.79 Å². The Hall–Kier alpha value is -2.26. The van der Waals surface area contributed by atoms with E-state index in [4.69, 9.17) is 14.7 Å². The summed E-state index contributed by atoms with van der Waals surface area (Å²) >= 11 is 0. The molecule has 112 valence electrons. The maximum atomic E-state index is 12.1. The molecule has 0 unspecified atom stereocenters. The lowest BCUT2D eigenvalue weighted by atomic mass is 10.2. The zero-order valence-electron chi connectivity index (χ0n) is 12.3. The van der Waals surface area contributed by atoms with Crippen molar-refractivity contribution in [2.75, 3.05) is 32.6 Å². The van der Waals surface area contributed by atoms with Crippen molar-refractivity contribution in [3.63, 3.8) is 0 Å². The molecule has 0 saturated heterocycles. The highest BCUT2D eigenvalue weighted by Gasteiger charge is 2.30. The number of amides is 1. The largest absolute Gasteiger partial charge is 0.497 e. The lowest BCUT2D eigenvalue weighted by Gasteiger charge is -2.18. The Bertz CT molecular complexity index is 527. The van der Waals surface area contributed by atoms with E-state index < -0.39 is 0 Å². The van der Waals surface area contributed by atoms with Crippen molar-refractivity contribution in [2.24, 2.45) is 0 Å². The first kappa shape index (κ1) is 15.1. The number of carbonyl (C=O) groups excluding carboxylic acids is 1. The molecule has 1 aromatic carbocycles. The number of anilines is 1. The molecule has 1 amide bonds. The van der Waals surface area contributed by atoms with Crippen LogP contribution in [0.15, 0.2) is 18.2 Å². The molecule has 1 N–H and O–H groups in total. The normalized spacial score (nSPS) is 13.6. The van der Waals surface area contributed by atoms with Crippen LogP contribution in [0.1, 0.15) is 12.8 Å². The van der Waals surface area contributed by atoms with Crippen molar-refractivity contribution >= 4 is 11.6 Å². The standard InChI is InChI=1S/C15H19N3O3/c1-20-13-7-11(8-14(9-13)21-2)17-15(19)10-18(6-5-16)12-3-4-12/h7-9,12H,3-4,6,10H2,1-2H3,(H,17,19). The van der Waals surface area contributed by atoms with E-state index in [0.717, 1.165) is 12.8 Å². The van der Waals surface area contributed by atoms with Crippen LogP contribution in [-0.4, -0.2) is 44.2 Å². The minimum Gasteiger partial charge on any atom is -0.497 e. The molecular weight excluding hydrogens is 270 g/mol. The van der Waals surface area contributed by atoms with Gasteiger partial charge in [-0.2, -0.15) is 5.26 Å². The van der Waals surface area contributed by atoms with Crippen LogP contribution in [0, 0.1) is 11.3 Å². The van der Waals surface area contributed by atoms with Gasteiger partial charge in [0.2, 0.25) is 5.91 Å². The second kappa shape index (κ2) is 6.95. The summed E-state index contributed by atoms with van der Waals surface area (Å²) in [6.07, 6.45) is 2.11. The first-order valence-electron chi connectivity index (χ1n) is 6.80. The van der Waals surface area contributed by atoms with Crippen molar-refractivity contribution < 1.29 is 14.3 Å². The van der Waals surface area contributed by atoms with E-state index in [1.165, 1.54) is 0 Å². The van der Waals surface area contributed by atoms with Crippen LogP contribution in [0.2, 0.25) is 0 Å². The van der Waals surface area contributed by atoms with E-state index in [-0.39, 0.29) is 19.0 Å². The Labute approximate surface area is 124 Å². The van der Waals surface area contributed by atoms with E-state index in [1.54, 1.807) is 32.4 Å². The Morgan fingerprint density at radius 1 is 1.33 bits per heavy atom. The van der Waals surface area contributed by atoms with E-state index in [0.29, 0.717) is 23.2 Å². The van der Waals surface area contributed by atoms with Gasteiger partial charge in [0.05, 0.1) is 33.4 Å². The Balaban J connectivity index is 1.99. The molecule has 1 fully saturated rings. The molecule has 0 bridgehead atoms. The summed E-state index contributed by atoms with van der Waals surface area (Å²) in [6.45, 7) is 0.497. The average molecular weight is 289 g/mol. The zero-order valence-corrected chi connectivity index (χ0v) is 12.3. The first-order chi connectivity index (χ1) is 10.2. The summed E-state index contributed by atoms with van der Waals surface area (Å²) in [7, 11) is 3.12. The fourth-order valence-corrected chi connectivity index (χ4v) is 2.11. The van der Waals surface area contributed by atoms with Crippen LogP contribution in [0.5, 0.6) is 11.5 Å². The minimum absolute atomic E-state index is 0.146. The second-order valence-corrected chi connectivity index (χ2v) is 4.94. The number of benzene rings is 1. The number of ether oxygens (including phenoxy) is 2. The maximum absolute atomic E-state index is 12.1. The molecule has 0 atom stereocenters. The predicted molar refractivity (Wildman–Crippen MR) is 78.4 cm³/mol. The van der Waals surface area contributed by atoms with Crippen LogP contribution in [0.25, 0.3) is 0 Å². The number of nitrogens with zero attached hydrogens (tertiary/aromatic N) is 2. The van der Waals surface area contributed by atoms with Crippen molar-refractivity contribution in [2.45, 2.75) is 18.9 Å². The fraction of sp³-hybridized carbons (Fsp3) is 0.467. The molecule has 6 nitrogen and oxygen atoms in total. The quantitative estimate of drug-likeness (QED) is 0.772. The van der Waals surface area contributed by atoms with Crippen molar-refractivity contribution in [1.82, 2.24) is 4.90 Å². The summed E-state index contributed by atoms with van der Waals surface area (Å²) < 4.78 is 10.3. The molecule has 0 aliphatic heterocycles. The highest BCUT2D eigenvalue weighted by Crippen LogP contribution is 2.27. The summed E-state index contributed by atoms with van der Waals surface area (Å²) in [5.74, 6) is 1.08. The zero-order chi connectivity index (χ0) is 15.2. The molecule has 0 spiro atoms. The predicted octanol–water partition coefficient (Wildman–Crippen LogP) is 1.63. The molecule has 0 heterocycles. The van der Waals surface area contributed by atoms with Crippen LogP contribution >= 0.6 is 0 Å².